The van der Waals surface area contributed by atoms with Crippen LogP contribution in [0.3, 0.4) is 0 Å². The van der Waals surface area contributed by atoms with Crippen molar-refractivity contribution >= 4 is 21.6 Å². The molecule has 0 unspecified atom stereocenters. The fourth-order valence-corrected chi connectivity index (χ4v) is 2.46. The molecule has 1 aliphatic heterocycles. The van der Waals surface area contributed by atoms with E-state index in [4.69, 9.17) is 10.5 Å². The van der Waals surface area contributed by atoms with Crippen LogP contribution in [0.2, 0.25) is 0 Å². The number of nitriles is 2. The van der Waals surface area contributed by atoms with E-state index in [2.05, 4.69) is 45.1 Å². The van der Waals surface area contributed by atoms with E-state index in [9.17, 15) is 0 Å². The number of benzene rings is 1. The van der Waals surface area contributed by atoms with Crippen molar-refractivity contribution in [1.82, 2.24) is 0 Å². The molecule has 0 atom stereocenters. The van der Waals surface area contributed by atoms with Crippen LogP contribution in [0.1, 0.15) is 12.8 Å². The molecule has 0 radical (unpaired) electrons. The number of hydrogen-bond acceptors (Lipinski definition) is 3. The van der Waals surface area contributed by atoms with Crippen LogP contribution in [-0.2, 0) is 0 Å². The molecule has 0 N–H and O–H groups in total. The summed E-state index contributed by atoms with van der Waals surface area (Å²) in [5.41, 5.74) is 0.367. The summed E-state index contributed by atoms with van der Waals surface area (Å²) in [6.45, 7) is 1.52. The molecule has 4 heteroatoms. The minimum Gasteiger partial charge on any atom is -0.371 e. The van der Waals surface area contributed by atoms with E-state index in [1.165, 1.54) is 0 Å². The molecule has 2 rings (SSSR count). The second-order valence-corrected chi connectivity index (χ2v) is 5.19. The highest BCUT2D eigenvalue weighted by molar-refractivity contribution is 9.10. The second kappa shape index (κ2) is 4.77. The van der Waals surface area contributed by atoms with Gasteiger partial charge in [-0.1, -0.05) is 22.0 Å². The Morgan fingerprint density at radius 3 is 2.35 bits per heavy atom. The van der Waals surface area contributed by atoms with Gasteiger partial charge < -0.3 is 4.90 Å². The first-order chi connectivity index (χ1) is 8.19. The third-order valence-electron chi connectivity index (χ3n) is 3.22. The van der Waals surface area contributed by atoms with Gasteiger partial charge in [0.15, 0.2) is 0 Å². The van der Waals surface area contributed by atoms with Gasteiger partial charge in [-0.25, -0.2) is 0 Å². The number of piperidine rings is 1. The lowest BCUT2D eigenvalue weighted by atomic mass is 9.81. The number of hydrogen-bond donors (Lipinski definition) is 0. The average molecular weight is 290 g/mol. The lowest BCUT2D eigenvalue weighted by molar-refractivity contribution is 0.393. The SMILES string of the molecule is N#CC1(C#N)CCN(c2cccc(Br)c2)CC1. The van der Waals surface area contributed by atoms with Crippen molar-refractivity contribution in [3.63, 3.8) is 0 Å². The Hall–Kier alpha value is -1.52. The monoisotopic (exact) mass is 289 g/mol. The normalized spacial score (nSPS) is 18.2. The highest BCUT2D eigenvalue weighted by atomic mass is 79.9. The van der Waals surface area contributed by atoms with E-state index in [1.54, 1.807) is 0 Å². The van der Waals surface area contributed by atoms with Crippen LogP contribution in [-0.4, -0.2) is 13.1 Å². The quantitative estimate of drug-likeness (QED) is 0.798. The summed E-state index contributed by atoms with van der Waals surface area (Å²) in [7, 11) is 0. The van der Waals surface area contributed by atoms with Gasteiger partial charge in [-0.15, -0.1) is 0 Å². The zero-order chi connectivity index (χ0) is 12.3. The number of rotatable bonds is 1. The Bertz CT molecular complexity index is 474. The van der Waals surface area contributed by atoms with Crippen LogP contribution in [0.15, 0.2) is 28.7 Å². The first kappa shape index (κ1) is 12.0. The summed E-state index contributed by atoms with van der Waals surface area (Å²) in [5, 5.41) is 18.1. The molecule has 86 valence electrons. The summed E-state index contributed by atoms with van der Waals surface area (Å²) >= 11 is 3.45. The van der Waals surface area contributed by atoms with Gasteiger partial charge in [-0.3, -0.25) is 0 Å². The van der Waals surface area contributed by atoms with Crippen molar-refractivity contribution in [2.75, 3.05) is 18.0 Å². The summed E-state index contributed by atoms with van der Waals surface area (Å²) < 4.78 is 1.05. The van der Waals surface area contributed by atoms with Crippen molar-refractivity contribution in [3.05, 3.63) is 28.7 Å². The molecular formula is C13H12BrN3. The zero-order valence-corrected chi connectivity index (χ0v) is 10.9. The van der Waals surface area contributed by atoms with Gasteiger partial charge in [0.25, 0.3) is 0 Å². The molecule has 0 bridgehead atoms. The molecule has 0 amide bonds. The Kier molecular flexibility index (Phi) is 3.36. The van der Waals surface area contributed by atoms with Crippen LogP contribution in [0.4, 0.5) is 5.69 Å². The first-order valence-electron chi connectivity index (χ1n) is 5.52. The molecule has 3 nitrogen and oxygen atoms in total. The zero-order valence-electron chi connectivity index (χ0n) is 9.36. The third-order valence-corrected chi connectivity index (χ3v) is 3.71. The van der Waals surface area contributed by atoms with E-state index >= 15 is 0 Å². The van der Waals surface area contributed by atoms with Gasteiger partial charge in [0.05, 0.1) is 12.1 Å². The van der Waals surface area contributed by atoms with E-state index in [0.717, 1.165) is 23.2 Å². The van der Waals surface area contributed by atoms with Gasteiger partial charge in [-0.2, -0.15) is 10.5 Å². The van der Waals surface area contributed by atoms with Gasteiger partial charge in [-0.05, 0) is 31.0 Å². The van der Waals surface area contributed by atoms with Crippen LogP contribution in [0, 0.1) is 28.1 Å². The summed E-state index contributed by atoms with van der Waals surface area (Å²) in [4.78, 5) is 2.22. The summed E-state index contributed by atoms with van der Waals surface area (Å²) in [6, 6.07) is 12.4. The maximum absolute atomic E-state index is 9.04. The maximum atomic E-state index is 9.04. The minimum absolute atomic E-state index is 0.618. The summed E-state index contributed by atoms with van der Waals surface area (Å²) in [5.74, 6) is 0. The van der Waals surface area contributed by atoms with Crippen molar-refractivity contribution in [3.8, 4) is 12.1 Å². The number of nitrogens with zero attached hydrogens (tertiary/aromatic N) is 3. The van der Waals surface area contributed by atoms with Gasteiger partial charge in [0, 0.05) is 23.2 Å². The Labute approximate surface area is 109 Å². The molecule has 17 heavy (non-hydrogen) atoms. The second-order valence-electron chi connectivity index (χ2n) is 4.27. The Balaban J connectivity index is 2.11. The van der Waals surface area contributed by atoms with Crippen LogP contribution in [0.5, 0.6) is 0 Å². The van der Waals surface area contributed by atoms with Crippen LogP contribution < -0.4 is 4.90 Å². The molecular weight excluding hydrogens is 278 g/mol. The molecule has 1 saturated heterocycles. The molecule has 0 spiro atoms. The predicted octanol–water partition coefficient (Wildman–Crippen LogP) is 3.08. The van der Waals surface area contributed by atoms with E-state index in [1.807, 2.05) is 12.1 Å². The van der Waals surface area contributed by atoms with Crippen molar-refractivity contribution in [2.45, 2.75) is 12.8 Å². The lowest BCUT2D eigenvalue weighted by Gasteiger charge is -2.34. The average Bonchev–Trinajstić information content (AvgIpc) is 2.39. The highest BCUT2D eigenvalue weighted by Gasteiger charge is 2.34. The molecule has 1 aliphatic rings. The number of halogens is 1. The first-order valence-corrected chi connectivity index (χ1v) is 6.31. The predicted molar refractivity (Wildman–Crippen MR) is 69.2 cm³/mol. The molecule has 0 aromatic heterocycles. The van der Waals surface area contributed by atoms with Gasteiger partial charge in [0.2, 0.25) is 0 Å². The standard InChI is InChI=1S/C13H12BrN3/c14-11-2-1-3-12(8-11)17-6-4-13(9-15,10-16)5-7-17/h1-3,8H,4-7H2. The molecule has 0 aliphatic carbocycles. The molecule has 1 heterocycles. The van der Waals surface area contributed by atoms with Gasteiger partial charge >= 0.3 is 0 Å². The highest BCUT2D eigenvalue weighted by Crippen LogP contribution is 2.32. The van der Waals surface area contributed by atoms with Crippen LogP contribution >= 0.6 is 15.9 Å². The third kappa shape index (κ3) is 2.43. The smallest absolute Gasteiger partial charge is 0.147 e. The van der Waals surface area contributed by atoms with E-state index in [0.29, 0.717) is 12.8 Å². The van der Waals surface area contributed by atoms with Crippen molar-refractivity contribution in [1.29, 1.82) is 10.5 Å². The molecule has 1 aromatic rings. The fourth-order valence-electron chi connectivity index (χ4n) is 2.07. The summed E-state index contributed by atoms with van der Waals surface area (Å²) in [6.07, 6.45) is 1.24. The largest absolute Gasteiger partial charge is 0.371 e. The van der Waals surface area contributed by atoms with Crippen LogP contribution in [0.25, 0.3) is 0 Å². The maximum Gasteiger partial charge on any atom is 0.147 e. The van der Waals surface area contributed by atoms with E-state index < -0.39 is 5.41 Å². The topological polar surface area (TPSA) is 50.8 Å². The molecule has 0 saturated carbocycles. The number of anilines is 1. The Morgan fingerprint density at radius 2 is 1.82 bits per heavy atom. The van der Waals surface area contributed by atoms with E-state index in [-0.39, 0.29) is 0 Å². The Morgan fingerprint density at radius 1 is 1.18 bits per heavy atom. The van der Waals surface area contributed by atoms with Crippen molar-refractivity contribution < 1.29 is 0 Å². The molecule has 1 aromatic carbocycles. The van der Waals surface area contributed by atoms with Gasteiger partial charge in [0.1, 0.15) is 5.41 Å². The molecule has 1 fully saturated rings. The fraction of sp³-hybridized carbons (Fsp3) is 0.385. The lowest BCUT2D eigenvalue weighted by Crippen LogP contribution is -2.38. The minimum atomic E-state index is -0.775. The van der Waals surface area contributed by atoms with Crippen molar-refractivity contribution in [2.24, 2.45) is 5.41 Å².